The molecule has 1 saturated heterocycles. The first-order chi connectivity index (χ1) is 19.0. The van der Waals surface area contributed by atoms with E-state index in [0.717, 1.165) is 11.8 Å². The van der Waals surface area contributed by atoms with Crippen molar-refractivity contribution in [1.82, 2.24) is 14.9 Å². The molecule has 0 atom stereocenters. The van der Waals surface area contributed by atoms with Crippen molar-refractivity contribution in [3.63, 3.8) is 0 Å². The first-order valence-corrected chi connectivity index (χ1v) is 14.5. The zero-order valence-electron chi connectivity index (χ0n) is 22.8. The Morgan fingerprint density at radius 1 is 1.07 bits per heavy atom. The van der Waals surface area contributed by atoms with Crippen LogP contribution in [0, 0.1) is 6.92 Å². The number of benzene rings is 2. The van der Waals surface area contributed by atoms with Gasteiger partial charge in [-0.05, 0) is 31.0 Å². The van der Waals surface area contributed by atoms with Gasteiger partial charge in [-0.1, -0.05) is 17.7 Å². The van der Waals surface area contributed by atoms with E-state index in [4.69, 9.17) is 25.8 Å². The second-order valence-electron chi connectivity index (χ2n) is 9.09. The highest BCUT2D eigenvalue weighted by atomic mass is 35.5. The van der Waals surface area contributed by atoms with Crippen LogP contribution in [0.25, 0.3) is 0 Å². The zero-order chi connectivity index (χ0) is 29.0. The molecule has 1 aliphatic heterocycles. The molecule has 0 saturated carbocycles. The maximum Gasteiger partial charge on any atom is 0.233 e. The Labute approximate surface area is 238 Å². The minimum absolute atomic E-state index is 0.0860. The maximum atomic E-state index is 12.9. The third kappa shape index (κ3) is 6.42. The molecule has 2 heterocycles. The van der Waals surface area contributed by atoms with Gasteiger partial charge >= 0.3 is 0 Å². The number of carbonyl (C=O) groups is 1. The predicted octanol–water partition coefficient (Wildman–Crippen LogP) is 4.30. The van der Waals surface area contributed by atoms with E-state index in [-0.39, 0.29) is 29.4 Å². The number of nitrogens with one attached hydrogen (secondary N) is 2. The summed E-state index contributed by atoms with van der Waals surface area (Å²) >= 11 is 6.44. The molecule has 1 fully saturated rings. The Kier molecular flexibility index (Phi) is 8.74. The number of aromatic nitrogens is 2. The van der Waals surface area contributed by atoms with Gasteiger partial charge in [0.25, 0.3) is 0 Å². The van der Waals surface area contributed by atoms with E-state index in [1.807, 2.05) is 13.0 Å². The van der Waals surface area contributed by atoms with Crippen molar-refractivity contribution >= 4 is 56.4 Å². The van der Waals surface area contributed by atoms with E-state index in [1.165, 1.54) is 36.7 Å². The minimum atomic E-state index is -3.75. The molecular weight excluding hydrogens is 560 g/mol. The number of rotatable bonds is 11. The highest BCUT2D eigenvalue weighted by Gasteiger charge is 2.28. The summed E-state index contributed by atoms with van der Waals surface area (Å²) in [7, 11) is 0.793. The zero-order valence-corrected chi connectivity index (χ0v) is 24.4. The lowest BCUT2D eigenvalue weighted by atomic mass is 10.2. The molecule has 0 unspecified atom stereocenters. The number of hydrogen-bond acceptors (Lipinski definition) is 10. The summed E-state index contributed by atoms with van der Waals surface area (Å²) in [6.07, 6.45) is 3.61. The number of methoxy groups -OCH3 is 3. The van der Waals surface area contributed by atoms with Gasteiger partial charge in [-0.15, -0.1) is 0 Å². The van der Waals surface area contributed by atoms with Crippen LogP contribution in [0.4, 0.5) is 28.8 Å². The van der Waals surface area contributed by atoms with Gasteiger partial charge in [-0.3, -0.25) is 4.79 Å². The molecule has 0 aliphatic carbocycles. The number of aryl methyl sites for hydroxylation is 1. The van der Waals surface area contributed by atoms with Crippen LogP contribution in [0.5, 0.6) is 17.2 Å². The van der Waals surface area contributed by atoms with E-state index < -0.39 is 10.0 Å². The fourth-order valence-electron chi connectivity index (χ4n) is 4.25. The molecule has 3 aromatic rings. The van der Waals surface area contributed by atoms with Crippen molar-refractivity contribution in [3.05, 3.63) is 47.1 Å². The first kappa shape index (κ1) is 29.0. The lowest BCUT2D eigenvalue weighted by Gasteiger charge is -2.29. The molecule has 2 aromatic carbocycles. The van der Waals surface area contributed by atoms with Gasteiger partial charge < -0.3 is 29.7 Å². The van der Waals surface area contributed by atoms with E-state index >= 15 is 0 Å². The van der Waals surface area contributed by atoms with Crippen LogP contribution in [0.3, 0.4) is 0 Å². The fourth-order valence-corrected chi connectivity index (χ4v) is 5.24. The lowest BCUT2D eigenvalue weighted by molar-refractivity contribution is -0.127. The Hall–Kier alpha value is -3.97. The number of sulfonamides is 1. The highest BCUT2D eigenvalue weighted by Crippen LogP contribution is 2.41. The van der Waals surface area contributed by atoms with Gasteiger partial charge in [-0.2, -0.15) is 4.98 Å². The van der Waals surface area contributed by atoms with Crippen molar-refractivity contribution in [3.8, 4) is 17.2 Å². The number of carbonyl (C=O) groups excluding carboxylic acids is 1. The van der Waals surface area contributed by atoms with Crippen LogP contribution in [0.15, 0.2) is 36.5 Å². The van der Waals surface area contributed by atoms with Gasteiger partial charge in [0.05, 0.1) is 45.2 Å². The number of hydrogen-bond donors (Lipinski definition) is 2. The topological polar surface area (TPSA) is 135 Å². The van der Waals surface area contributed by atoms with Crippen LogP contribution < -0.4 is 29.1 Å². The number of anilines is 5. The van der Waals surface area contributed by atoms with Gasteiger partial charge in [0.15, 0.2) is 17.3 Å². The standard InChI is InChI=1S/C26H31ClN6O6S/c1-16-8-9-19(20(11-16)33(40(5,35)36)15-32-10-6-7-23(32)34)30-25-18(27)14-28-26(31-25)29-17-12-21(37-2)24(39-4)22(13-17)38-3/h8-9,11-14H,6-7,10,15H2,1-5H3,(H2,28,29,30,31). The average molecular weight is 591 g/mol. The summed E-state index contributed by atoms with van der Waals surface area (Å²) in [5.41, 5.74) is 2.19. The molecule has 4 rings (SSSR count). The van der Waals surface area contributed by atoms with Crippen molar-refractivity contribution in [2.24, 2.45) is 0 Å². The molecular formula is C26H31ClN6O6S. The summed E-state index contributed by atoms with van der Waals surface area (Å²) in [4.78, 5) is 22.6. The molecule has 1 amide bonds. The molecule has 40 heavy (non-hydrogen) atoms. The Bertz CT molecular complexity index is 1490. The number of ether oxygens (including phenoxy) is 3. The summed E-state index contributed by atoms with van der Waals surface area (Å²) in [6, 6.07) is 8.70. The first-order valence-electron chi connectivity index (χ1n) is 12.3. The van der Waals surface area contributed by atoms with Gasteiger partial charge in [0.1, 0.15) is 11.7 Å². The van der Waals surface area contributed by atoms with Crippen LogP contribution >= 0.6 is 11.6 Å². The summed E-state index contributed by atoms with van der Waals surface area (Å²) in [6.45, 7) is 2.25. The summed E-state index contributed by atoms with van der Waals surface area (Å²) < 4.78 is 43.2. The molecule has 1 aliphatic rings. The predicted molar refractivity (Wildman–Crippen MR) is 154 cm³/mol. The molecule has 214 valence electrons. The van der Waals surface area contributed by atoms with Crippen LogP contribution in [-0.4, -0.2) is 70.0 Å². The van der Waals surface area contributed by atoms with E-state index in [1.54, 1.807) is 24.3 Å². The van der Waals surface area contributed by atoms with Gasteiger partial charge in [0, 0.05) is 30.8 Å². The van der Waals surface area contributed by atoms with Crippen LogP contribution in [0.1, 0.15) is 18.4 Å². The summed E-state index contributed by atoms with van der Waals surface area (Å²) in [5.74, 6) is 1.68. The maximum absolute atomic E-state index is 12.9. The highest BCUT2D eigenvalue weighted by molar-refractivity contribution is 7.92. The van der Waals surface area contributed by atoms with Crippen molar-refractivity contribution in [1.29, 1.82) is 0 Å². The van der Waals surface area contributed by atoms with E-state index in [0.29, 0.717) is 53.7 Å². The van der Waals surface area contributed by atoms with Crippen molar-refractivity contribution in [2.75, 3.05) is 55.7 Å². The smallest absolute Gasteiger partial charge is 0.233 e. The number of amides is 1. The Morgan fingerprint density at radius 3 is 2.35 bits per heavy atom. The van der Waals surface area contributed by atoms with E-state index in [9.17, 15) is 13.2 Å². The summed E-state index contributed by atoms with van der Waals surface area (Å²) in [5, 5.41) is 6.45. The SMILES string of the molecule is COc1cc(Nc2ncc(Cl)c(Nc3ccc(C)cc3N(CN3CCCC3=O)S(C)(=O)=O)n2)cc(OC)c1OC. The van der Waals surface area contributed by atoms with Crippen molar-refractivity contribution in [2.45, 2.75) is 19.8 Å². The van der Waals surface area contributed by atoms with Crippen LogP contribution in [-0.2, 0) is 14.8 Å². The average Bonchev–Trinajstić information content (AvgIpc) is 3.33. The lowest BCUT2D eigenvalue weighted by Crippen LogP contribution is -2.42. The second kappa shape index (κ2) is 12.0. The second-order valence-corrected chi connectivity index (χ2v) is 11.4. The van der Waals surface area contributed by atoms with Crippen LogP contribution in [0.2, 0.25) is 5.02 Å². The molecule has 14 heteroatoms. The van der Waals surface area contributed by atoms with E-state index in [2.05, 4.69) is 20.6 Å². The minimum Gasteiger partial charge on any atom is -0.493 e. The molecule has 12 nitrogen and oxygen atoms in total. The molecule has 0 spiro atoms. The third-order valence-corrected chi connectivity index (χ3v) is 7.60. The van der Waals surface area contributed by atoms with Gasteiger partial charge in [0.2, 0.25) is 27.6 Å². The van der Waals surface area contributed by atoms with Crippen molar-refractivity contribution < 1.29 is 27.4 Å². The molecule has 0 radical (unpaired) electrons. The fraction of sp³-hybridized carbons (Fsp3) is 0.346. The Balaban J connectivity index is 1.68. The largest absolute Gasteiger partial charge is 0.493 e. The number of halogens is 1. The van der Waals surface area contributed by atoms with Gasteiger partial charge in [-0.25, -0.2) is 17.7 Å². The third-order valence-electron chi connectivity index (χ3n) is 6.21. The molecule has 0 bridgehead atoms. The Morgan fingerprint density at radius 2 is 1.77 bits per heavy atom. The molecule has 2 N–H and O–H groups in total. The normalized spacial score (nSPS) is 13.2. The number of nitrogens with zero attached hydrogens (tertiary/aromatic N) is 4. The monoisotopic (exact) mass is 590 g/mol. The molecule has 1 aromatic heterocycles. The number of likely N-dealkylation sites (tertiary alicyclic amines) is 1. The quantitative estimate of drug-likeness (QED) is 0.333.